The molecule has 1 aliphatic heterocycles. The number of carbonyl (C=O) groups excluding carboxylic acids is 2. The normalized spacial score (nSPS) is 13.1. The van der Waals surface area contributed by atoms with Crippen molar-refractivity contribution in [3.63, 3.8) is 0 Å². The smallest absolute Gasteiger partial charge is 0.317 e. The molecule has 0 fully saturated rings. The Morgan fingerprint density at radius 3 is 2.79 bits per heavy atom. The standard InChI is InChI=1S/C20H20BrNO5S/c1-12-7-15(21)4-6-18(12)28-10-19(23)27-13(2)20(24)22-9-14-3-5-16-17(8-14)26-11-25-16/h3-8,13H,9-11H2,1-2H3,(H,22,24). The molecule has 1 aliphatic rings. The van der Waals surface area contributed by atoms with Gasteiger partial charge in [0.1, 0.15) is 0 Å². The molecule has 0 aromatic heterocycles. The molecule has 2 aromatic rings. The van der Waals surface area contributed by atoms with Gasteiger partial charge in [0.05, 0.1) is 5.75 Å². The number of fused-ring (bicyclic) bond motifs is 1. The van der Waals surface area contributed by atoms with Gasteiger partial charge in [-0.25, -0.2) is 0 Å². The highest BCUT2D eigenvalue weighted by atomic mass is 79.9. The van der Waals surface area contributed by atoms with E-state index >= 15 is 0 Å². The largest absolute Gasteiger partial charge is 0.454 e. The summed E-state index contributed by atoms with van der Waals surface area (Å²) in [5.41, 5.74) is 1.94. The first kappa shape index (κ1) is 20.5. The fourth-order valence-electron chi connectivity index (χ4n) is 2.58. The van der Waals surface area contributed by atoms with Gasteiger partial charge in [0, 0.05) is 15.9 Å². The molecule has 148 valence electrons. The molecule has 1 heterocycles. The van der Waals surface area contributed by atoms with E-state index in [1.807, 2.05) is 37.3 Å². The highest BCUT2D eigenvalue weighted by Gasteiger charge is 2.19. The number of hydrogen-bond donors (Lipinski definition) is 1. The van der Waals surface area contributed by atoms with Gasteiger partial charge >= 0.3 is 5.97 Å². The predicted molar refractivity (Wildman–Crippen MR) is 110 cm³/mol. The molecule has 0 saturated carbocycles. The monoisotopic (exact) mass is 465 g/mol. The topological polar surface area (TPSA) is 73.9 Å². The van der Waals surface area contributed by atoms with Gasteiger partial charge in [-0.2, -0.15) is 0 Å². The number of thioether (sulfide) groups is 1. The Morgan fingerprint density at radius 2 is 2.00 bits per heavy atom. The number of hydrogen-bond acceptors (Lipinski definition) is 6. The van der Waals surface area contributed by atoms with E-state index in [2.05, 4.69) is 21.2 Å². The molecule has 6 nitrogen and oxygen atoms in total. The van der Waals surface area contributed by atoms with Crippen molar-refractivity contribution in [2.45, 2.75) is 31.4 Å². The minimum absolute atomic E-state index is 0.141. The molecular formula is C20H20BrNO5S. The van der Waals surface area contributed by atoms with E-state index in [0.717, 1.165) is 20.5 Å². The number of aryl methyl sites for hydroxylation is 1. The van der Waals surface area contributed by atoms with Crippen LogP contribution in [0.3, 0.4) is 0 Å². The van der Waals surface area contributed by atoms with Crippen LogP contribution in [0.2, 0.25) is 0 Å². The maximum absolute atomic E-state index is 12.2. The molecule has 3 rings (SSSR count). The van der Waals surface area contributed by atoms with Crippen LogP contribution in [-0.4, -0.2) is 30.5 Å². The van der Waals surface area contributed by atoms with E-state index in [9.17, 15) is 9.59 Å². The second-order valence-electron chi connectivity index (χ2n) is 6.24. The van der Waals surface area contributed by atoms with Crippen LogP contribution in [0.4, 0.5) is 0 Å². The summed E-state index contributed by atoms with van der Waals surface area (Å²) < 4.78 is 16.8. The van der Waals surface area contributed by atoms with Crippen molar-refractivity contribution in [3.05, 3.63) is 52.0 Å². The maximum Gasteiger partial charge on any atom is 0.317 e. The number of ether oxygens (including phenoxy) is 3. The van der Waals surface area contributed by atoms with E-state index in [4.69, 9.17) is 14.2 Å². The molecular weight excluding hydrogens is 446 g/mol. The van der Waals surface area contributed by atoms with Crippen molar-refractivity contribution in [1.82, 2.24) is 5.32 Å². The number of amides is 1. The Bertz CT molecular complexity index is 889. The van der Waals surface area contributed by atoms with Gasteiger partial charge < -0.3 is 19.5 Å². The SMILES string of the molecule is Cc1cc(Br)ccc1SCC(=O)OC(C)C(=O)NCc1ccc2c(c1)OCO2. The number of rotatable bonds is 7. The van der Waals surface area contributed by atoms with Crippen LogP contribution in [-0.2, 0) is 20.9 Å². The zero-order valence-electron chi connectivity index (χ0n) is 15.5. The summed E-state index contributed by atoms with van der Waals surface area (Å²) in [4.78, 5) is 25.2. The Hall–Kier alpha value is -2.19. The Kier molecular flexibility index (Phi) is 6.85. The third-order valence-electron chi connectivity index (χ3n) is 4.06. The quantitative estimate of drug-likeness (QED) is 0.494. The lowest BCUT2D eigenvalue weighted by atomic mass is 10.2. The summed E-state index contributed by atoms with van der Waals surface area (Å²) in [5.74, 6) is 0.707. The van der Waals surface area contributed by atoms with Crippen molar-refractivity contribution in [2.75, 3.05) is 12.5 Å². The van der Waals surface area contributed by atoms with E-state index in [0.29, 0.717) is 18.0 Å². The third kappa shape index (κ3) is 5.42. The zero-order valence-corrected chi connectivity index (χ0v) is 17.9. The van der Waals surface area contributed by atoms with Gasteiger partial charge in [-0.15, -0.1) is 11.8 Å². The zero-order chi connectivity index (χ0) is 20.1. The second kappa shape index (κ2) is 9.34. The lowest BCUT2D eigenvalue weighted by Crippen LogP contribution is -2.35. The average Bonchev–Trinajstić information content (AvgIpc) is 3.13. The Labute approximate surface area is 176 Å². The first-order valence-corrected chi connectivity index (χ1v) is 10.4. The summed E-state index contributed by atoms with van der Waals surface area (Å²) in [6.45, 7) is 4.05. The molecule has 0 radical (unpaired) electrons. The van der Waals surface area contributed by atoms with Crippen molar-refractivity contribution in [2.24, 2.45) is 0 Å². The van der Waals surface area contributed by atoms with Gasteiger partial charge in [-0.3, -0.25) is 9.59 Å². The number of carbonyl (C=O) groups is 2. The first-order valence-electron chi connectivity index (χ1n) is 8.67. The molecule has 1 N–H and O–H groups in total. The van der Waals surface area contributed by atoms with Crippen LogP contribution in [0, 0.1) is 6.92 Å². The van der Waals surface area contributed by atoms with Crippen LogP contribution in [0.5, 0.6) is 11.5 Å². The van der Waals surface area contributed by atoms with Crippen LogP contribution >= 0.6 is 27.7 Å². The molecule has 1 atom stereocenters. The summed E-state index contributed by atoms with van der Waals surface area (Å²) >= 11 is 4.80. The van der Waals surface area contributed by atoms with Crippen LogP contribution in [0.1, 0.15) is 18.1 Å². The fraction of sp³-hybridized carbons (Fsp3) is 0.300. The lowest BCUT2D eigenvalue weighted by Gasteiger charge is -2.14. The van der Waals surface area contributed by atoms with Crippen molar-refractivity contribution >= 4 is 39.6 Å². The van der Waals surface area contributed by atoms with Crippen molar-refractivity contribution in [1.29, 1.82) is 0 Å². The van der Waals surface area contributed by atoms with Crippen LogP contribution in [0.15, 0.2) is 45.8 Å². The lowest BCUT2D eigenvalue weighted by molar-refractivity contribution is -0.152. The van der Waals surface area contributed by atoms with E-state index in [1.54, 1.807) is 13.0 Å². The number of halogens is 1. The summed E-state index contributed by atoms with van der Waals surface area (Å²) in [6.07, 6.45) is -0.867. The van der Waals surface area contributed by atoms with Gasteiger partial charge in [-0.05, 0) is 55.3 Å². The highest BCUT2D eigenvalue weighted by Crippen LogP contribution is 2.32. The molecule has 28 heavy (non-hydrogen) atoms. The molecule has 2 aromatic carbocycles. The number of nitrogens with one attached hydrogen (secondary N) is 1. The van der Waals surface area contributed by atoms with Gasteiger partial charge in [0.2, 0.25) is 6.79 Å². The van der Waals surface area contributed by atoms with E-state index in [1.165, 1.54) is 11.8 Å². The summed E-state index contributed by atoms with van der Waals surface area (Å²) in [5, 5.41) is 2.76. The summed E-state index contributed by atoms with van der Waals surface area (Å²) in [6, 6.07) is 11.3. The molecule has 0 saturated heterocycles. The predicted octanol–water partition coefficient (Wildman–Crippen LogP) is 3.83. The third-order valence-corrected chi connectivity index (χ3v) is 5.71. The molecule has 1 unspecified atom stereocenters. The number of benzene rings is 2. The maximum atomic E-state index is 12.2. The van der Waals surface area contributed by atoms with Gasteiger partial charge in [-0.1, -0.05) is 22.0 Å². The highest BCUT2D eigenvalue weighted by molar-refractivity contribution is 9.10. The van der Waals surface area contributed by atoms with Gasteiger partial charge in [0.25, 0.3) is 5.91 Å². The van der Waals surface area contributed by atoms with E-state index < -0.39 is 12.1 Å². The van der Waals surface area contributed by atoms with Crippen molar-refractivity contribution < 1.29 is 23.8 Å². The van der Waals surface area contributed by atoms with Crippen LogP contribution in [0.25, 0.3) is 0 Å². The molecule has 1 amide bonds. The second-order valence-corrected chi connectivity index (χ2v) is 8.17. The van der Waals surface area contributed by atoms with E-state index in [-0.39, 0.29) is 18.5 Å². The van der Waals surface area contributed by atoms with Crippen molar-refractivity contribution in [3.8, 4) is 11.5 Å². The minimum atomic E-state index is -0.867. The van der Waals surface area contributed by atoms with Crippen LogP contribution < -0.4 is 14.8 Å². The Balaban J connectivity index is 1.43. The molecule has 0 bridgehead atoms. The Morgan fingerprint density at radius 1 is 1.21 bits per heavy atom. The minimum Gasteiger partial charge on any atom is -0.454 e. The first-order chi connectivity index (χ1) is 13.4. The summed E-state index contributed by atoms with van der Waals surface area (Å²) in [7, 11) is 0. The fourth-order valence-corrected chi connectivity index (χ4v) is 3.85. The molecule has 0 aliphatic carbocycles. The molecule has 8 heteroatoms. The van der Waals surface area contributed by atoms with Gasteiger partial charge in [0.15, 0.2) is 17.6 Å². The number of esters is 1. The average molecular weight is 466 g/mol. The molecule has 0 spiro atoms.